The van der Waals surface area contributed by atoms with Crippen molar-refractivity contribution in [1.29, 1.82) is 0 Å². The van der Waals surface area contributed by atoms with Gasteiger partial charge in [0.25, 0.3) is 0 Å². The fraction of sp³-hybridized carbons (Fsp3) is 0.118. The quantitative estimate of drug-likeness (QED) is 0.532. The molecule has 0 unspecified atom stereocenters. The molecule has 0 fully saturated rings. The summed E-state index contributed by atoms with van der Waals surface area (Å²) in [4.78, 5) is 7.74. The highest BCUT2D eigenvalue weighted by Crippen LogP contribution is 2.42. The van der Waals surface area contributed by atoms with Crippen LogP contribution in [0.3, 0.4) is 0 Å². The molecule has 2 aliphatic carbocycles. The van der Waals surface area contributed by atoms with Crippen LogP contribution in [0.25, 0.3) is 22.5 Å². The van der Waals surface area contributed by atoms with E-state index in [4.69, 9.17) is 0 Å². The van der Waals surface area contributed by atoms with Gasteiger partial charge in [-0.1, -0.05) is 48.5 Å². The van der Waals surface area contributed by atoms with Gasteiger partial charge in [-0.05, 0) is 31.0 Å². The van der Waals surface area contributed by atoms with E-state index in [2.05, 4.69) is 35.1 Å². The van der Waals surface area contributed by atoms with Gasteiger partial charge in [0.2, 0.25) is 0 Å². The molecule has 2 heteroatoms. The number of aromatic amines is 1. The van der Waals surface area contributed by atoms with Gasteiger partial charge in [-0.3, -0.25) is 0 Å². The molecule has 1 heterocycles. The molecule has 0 bridgehead atoms. The van der Waals surface area contributed by atoms with Crippen molar-refractivity contribution in [1.82, 2.24) is 9.97 Å². The van der Waals surface area contributed by atoms with Crippen LogP contribution in [0.2, 0.25) is 0 Å². The lowest BCUT2D eigenvalue weighted by atomic mass is 9.86. The highest BCUT2D eigenvalue weighted by Gasteiger charge is 2.20. The minimum Gasteiger partial charge on any atom is -0.342 e. The van der Waals surface area contributed by atoms with Crippen molar-refractivity contribution in [3.05, 3.63) is 66.0 Å². The third-order valence-electron chi connectivity index (χ3n) is 3.38. The Hall–Kier alpha value is -2.35. The SMILES string of the molecule is Cc1nc(-c2cc3ccc2-3)[nH]c1C.c1ccccc1. The van der Waals surface area contributed by atoms with Crippen LogP contribution in [0.1, 0.15) is 11.4 Å². The molecule has 0 amide bonds. The van der Waals surface area contributed by atoms with Crippen LogP contribution in [-0.2, 0) is 0 Å². The summed E-state index contributed by atoms with van der Waals surface area (Å²) < 4.78 is 0. The Kier molecular flexibility index (Phi) is 2.92. The number of benzene rings is 2. The van der Waals surface area contributed by atoms with Crippen LogP contribution in [0.15, 0.2) is 54.6 Å². The molecule has 0 saturated heterocycles. The van der Waals surface area contributed by atoms with Crippen LogP contribution < -0.4 is 0 Å². The maximum Gasteiger partial charge on any atom is 0.138 e. The molecule has 2 nitrogen and oxygen atoms in total. The van der Waals surface area contributed by atoms with Gasteiger partial charge in [0.15, 0.2) is 0 Å². The van der Waals surface area contributed by atoms with Crippen molar-refractivity contribution in [3.8, 4) is 22.5 Å². The van der Waals surface area contributed by atoms with Gasteiger partial charge < -0.3 is 4.98 Å². The van der Waals surface area contributed by atoms with E-state index in [-0.39, 0.29) is 0 Å². The molecule has 2 aliphatic rings. The number of nitrogens with zero attached hydrogens (tertiary/aromatic N) is 1. The number of H-pyrrole nitrogens is 1. The molecule has 0 atom stereocenters. The number of hydrogen-bond acceptors (Lipinski definition) is 1. The molecule has 1 aromatic heterocycles. The van der Waals surface area contributed by atoms with Gasteiger partial charge in [0.1, 0.15) is 5.82 Å². The van der Waals surface area contributed by atoms with Crippen molar-refractivity contribution in [3.63, 3.8) is 0 Å². The summed E-state index contributed by atoms with van der Waals surface area (Å²) in [7, 11) is 0. The third kappa shape index (κ3) is 2.17. The molecule has 0 aliphatic heterocycles. The maximum atomic E-state index is 4.46. The Balaban J connectivity index is 0.000000155. The van der Waals surface area contributed by atoms with Gasteiger partial charge in [0.05, 0.1) is 5.69 Å². The molecule has 0 saturated carbocycles. The molecule has 4 rings (SSSR count). The topological polar surface area (TPSA) is 28.7 Å². The Morgan fingerprint density at radius 1 is 0.842 bits per heavy atom. The van der Waals surface area contributed by atoms with Gasteiger partial charge in [-0.25, -0.2) is 4.98 Å². The first kappa shape index (κ1) is 11.7. The zero-order valence-electron chi connectivity index (χ0n) is 11.1. The lowest BCUT2D eigenvalue weighted by Gasteiger charge is -2.19. The number of aromatic nitrogens is 2. The van der Waals surface area contributed by atoms with E-state index in [9.17, 15) is 0 Å². The summed E-state index contributed by atoms with van der Waals surface area (Å²) in [5, 5.41) is 0. The number of rotatable bonds is 1. The summed E-state index contributed by atoms with van der Waals surface area (Å²) >= 11 is 0. The number of hydrogen-bond donors (Lipinski definition) is 1. The zero-order chi connectivity index (χ0) is 13.2. The molecule has 0 radical (unpaired) electrons. The Labute approximate surface area is 113 Å². The van der Waals surface area contributed by atoms with Gasteiger partial charge in [-0.15, -0.1) is 0 Å². The van der Waals surface area contributed by atoms with Gasteiger partial charge in [-0.2, -0.15) is 0 Å². The minimum absolute atomic E-state index is 1.01. The van der Waals surface area contributed by atoms with Crippen molar-refractivity contribution >= 4 is 0 Å². The highest BCUT2D eigenvalue weighted by atomic mass is 14.9. The van der Waals surface area contributed by atoms with Crippen molar-refractivity contribution < 1.29 is 0 Å². The average molecular weight is 248 g/mol. The van der Waals surface area contributed by atoms with Crippen molar-refractivity contribution in [2.45, 2.75) is 13.8 Å². The first-order chi connectivity index (χ1) is 9.25. The Morgan fingerprint density at radius 3 is 1.79 bits per heavy atom. The number of aryl methyl sites for hydroxylation is 2. The average Bonchev–Trinajstić information content (AvgIpc) is 2.75. The lowest BCUT2D eigenvalue weighted by Crippen LogP contribution is -1.96. The summed E-state index contributed by atoms with van der Waals surface area (Å²) in [6.45, 7) is 4.08. The molecular formula is C17H16N2. The molecule has 94 valence electrons. The number of imidazole rings is 1. The summed E-state index contributed by atoms with van der Waals surface area (Å²) in [5.74, 6) is 1.01. The number of fused-ring (bicyclic) bond motifs is 1. The maximum absolute atomic E-state index is 4.46. The van der Waals surface area contributed by atoms with E-state index in [0.717, 1.165) is 17.2 Å². The first-order valence-corrected chi connectivity index (χ1v) is 6.44. The monoisotopic (exact) mass is 248 g/mol. The van der Waals surface area contributed by atoms with E-state index in [1.165, 1.54) is 16.7 Å². The lowest BCUT2D eigenvalue weighted by molar-refractivity contribution is 1.22. The molecular weight excluding hydrogens is 232 g/mol. The zero-order valence-corrected chi connectivity index (χ0v) is 11.1. The second-order valence-corrected chi connectivity index (χ2v) is 4.71. The highest BCUT2D eigenvalue weighted by molar-refractivity contribution is 5.93. The second-order valence-electron chi connectivity index (χ2n) is 4.71. The molecule has 0 spiro atoms. The smallest absolute Gasteiger partial charge is 0.138 e. The summed E-state index contributed by atoms with van der Waals surface area (Å²) in [6.07, 6.45) is 0. The predicted molar refractivity (Wildman–Crippen MR) is 78.9 cm³/mol. The van der Waals surface area contributed by atoms with Crippen LogP contribution in [0, 0.1) is 13.8 Å². The standard InChI is InChI=1S/C11H10N2.C6H6/c1-6-7(2)13-11(12-6)10-5-8-3-4-9(8)10;1-2-4-6-5-3-1/h3-5H,1-2H3,(H,12,13);1-6H. The largest absolute Gasteiger partial charge is 0.342 e. The molecule has 1 N–H and O–H groups in total. The van der Waals surface area contributed by atoms with Crippen LogP contribution >= 0.6 is 0 Å². The Morgan fingerprint density at radius 2 is 1.47 bits per heavy atom. The van der Waals surface area contributed by atoms with Crippen LogP contribution in [0.4, 0.5) is 0 Å². The fourth-order valence-corrected chi connectivity index (χ4v) is 2.05. The molecule has 2 aromatic rings. The van der Waals surface area contributed by atoms with E-state index in [1.807, 2.05) is 43.3 Å². The van der Waals surface area contributed by atoms with Gasteiger partial charge >= 0.3 is 0 Å². The first-order valence-electron chi connectivity index (χ1n) is 6.44. The summed E-state index contributed by atoms with van der Waals surface area (Å²) in [5.41, 5.74) is 6.23. The minimum atomic E-state index is 1.01. The van der Waals surface area contributed by atoms with Crippen molar-refractivity contribution in [2.75, 3.05) is 0 Å². The van der Waals surface area contributed by atoms with Crippen molar-refractivity contribution in [2.24, 2.45) is 0 Å². The summed E-state index contributed by atoms with van der Waals surface area (Å²) in [6, 6.07) is 18.4. The number of nitrogens with one attached hydrogen (secondary N) is 1. The van der Waals surface area contributed by atoms with Crippen LogP contribution in [0.5, 0.6) is 0 Å². The third-order valence-corrected chi connectivity index (χ3v) is 3.38. The second kappa shape index (κ2) is 4.73. The van der Waals surface area contributed by atoms with E-state index >= 15 is 0 Å². The molecule has 1 aromatic carbocycles. The Bertz CT molecular complexity index is 650. The van der Waals surface area contributed by atoms with E-state index in [1.54, 1.807) is 0 Å². The van der Waals surface area contributed by atoms with Gasteiger partial charge in [0, 0.05) is 11.3 Å². The molecule has 19 heavy (non-hydrogen) atoms. The predicted octanol–water partition coefficient (Wildman–Crippen LogP) is 4.36. The van der Waals surface area contributed by atoms with Crippen LogP contribution in [-0.4, -0.2) is 9.97 Å². The van der Waals surface area contributed by atoms with E-state index < -0.39 is 0 Å². The normalized spacial score (nSPS) is 10.6. The fourth-order valence-electron chi connectivity index (χ4n) is 2.05. The van der Waals surface area contributed by atoms with E-state index in [0.29, 0.717) is 0 Å².